The number of amides is 4. The van der Waals surface area contributed by atoms with Crippen molar-refractivity contribution in [2.45, 2.75) is 94.3 Å². The van der Waals surface area contributed by atoms with Gasteiger partial charge < -0.3 is 34.9 Å². The van der Waals surface area contributed by atoms with Gasteiger partial charge in [0, 0.05) is 36.9 Å². The summed E-state index contributed by atoms with van der Waals surface area (Å²) >= 11 is 6.12. The number of allylic oxidation sites excluding steroid dienone is 1. The van der Waals surface area contributed by atoms with Gasteiger partial charge in [-0.3, -0.25) is 14.5 Å². The third-order valence-electron chi connectivity index (χ3n) is 9.49. The molecule has 0 aromatic heterocycles. The number of rotatable bonds is 4. The number of carbonyl (C=O) groups is 5. The summed E-state index contributed by atoms with van der Waals surface area (Å²) in [6, 6.07) is 3.30. The second-order valence-electron chi connectivity index (χ2n) is 12.7. The first-order valence-corrected chi connectivity index (χ1v) is 16.3. The Hall–Kier alpha value is -3.84. The van der Waals surface area contributed by atoms with Crippen LogP contribution in [-0.2, 0) is 41.7 Å². The fourth-order valence-corrected chi connectivity index (χ4v) is 6.98. The molecule has 3 fully saturated rings. The second kappa shape index (κ2) is 13.5. The van der Waals surface area contributed by atoms with E-state index in [0.29, 0.717) is 44.0 Å². The van der Waals surface area contributed by atoms with Crippen molar-refractivity contribution in [2.75, 3.05) is 19.8 Å². The summed E-state index contributed by atoms with van der Waals surface area (Å²) in [5.41, 5.74) is 0.395. The van der Waals surface area contributed by atoms with Gasteiger partial charge in [-0.15, -0.1) is 0 Å². The lowest BCUT2D eigenvalue weighted by molar-refractivity contribution is -0.145. The van der Waals surface area contributed by atoms with Gasteiger partial charge in [-0.05, 0) is 48.9 Å². The standard InChI is InChI=1S/C32H39ClN4O9/c33-22-9-8-19-15-36(16-20(19)12-22)31(43)46-24-13-26-27(38)35-32(29(40)41)14-21(32)6-4-2-1-3-5-7-25(28(39)37(26)17-24)34-30(42)45-23-10-11-44-18-23/h4,6,8-9,12,21,23-26H,1-3,5,7,10-11,13-18H2,(H,34,42)(H,35,38)(H,40,41)/b6-4+/t21-,23-,24-,25+,26+,32-/m1/s1. The lowest BCUT2D eigenvalue weighted by Gasteiger charge is -2.29. The first-order chi connectivity index (χ1) is 22.1. The molecule has 3 N–H and O–H groups in total. The number of alkyl carbamates (subject to hydrolysis) is 1. The molecule has 1 aromatic rings. The predicted molar refractivity (Wildman–Crippen MR) is 163 cm³/mol. The second-order valence-corrected chi connectivity index (χ2v) is 13.2. The van der Waals surface area contributed by atoms with Gasteiger partial charge in [0.2, 0.25) is 11.8 Å². The molecule has 4 amide bonds. The van der Waals surface area contributed by atoms with Crippen LogP contribution < -0.4 is 10.6 Å². The Morgan fingerprint density at radius 1 is 1.07 bits per heavy atom. The Labute approximate surface area is 271 Å². The van der Waals surface area contributed by atoms with E-state index in [1.165, 1.54) is 9.80 Å². The van der Waals surface area contributed by atoms with E-state index in [4.69, 9.17) is 25.8 Å². The summed E-state index contributed by atoms with van der Waals surface area (Å²) in [6.45, 7) is 1.31. The van der Waals surface area contributed by atoms with Gasteiger partial charge >= 0.3 is 18.2 Å². The SMILES string of the molecule is O=C(N[C@H]1CCCCC/C=C/[C@@H]2C[C@@]2(C(=O)O)NC(=O)[C@@H]2C[C@@H](OC(=O)N3Cc4ccc(Cl)cc4C3)CN2C1=O)O[C@@H]1CCOC1. The molecular formula is C32H39ClN4O9. The fraction of sp³-hybridized carbons (Fsp3) is 0.594. The third kappa shape index (κ3) is 6.95. The maximum atomic E-state index is 14.1. The number of fused-ring (bicyclic) bond motifs is 3. The smallest absolute Gasteiger partial charge is 0.410 e. The van der Waals surface area contributed by atoms with Gasteiger partial charge in [0.25, 0.3) is 0 Å². The molecule has 2 saturated heterocycles. The zero-order valence-corrected chi connectivity index (χ0v) is 26.2. The van der Waals surface area contributed by atoms with Crippen LogP contribution in [0.2, 0.25) is 5.02 Å². The molecule has 5 aliphatic rings. The molecule has 13 nitrogen and oxygen atoms in total. The number of hydrogen-bond donors (Lipinski definition) is 3. The molecule has 6 rings (SSSR count). The Kier molecular flexibility index (Phi) is 9.42. The summed E-state index contributed by atoms with van der Waals surface area (Å²) in [5, 5.41) is 16.0. The number of carbonyl (C=O) groups excluding carboxylic acids is 4. The predicted octanol–water partition coefficient (Wildman–Crippen LogP) is 3.13. The molecule has 1 aromatic carbocycles. The topological polar surface area (TPSA) is 164 Å². The number of carboxylic acids is 1. The monoisotopic (exact) mass is 658 g/mol. The molecule has 0 radical (unpaired) electrons. The van der Waals surface area contributed by atoms with E-state index >= 15 is 0 Å². The zero-order valence-electron chi connectivity index (χ0n) is 25.5. The minimum Gasteiger partial charge on any atom is -0.479 e. The van der Waals surface area contributed by atoms with E-state index in [1.54, 1.807) is 12.1 Å². The van der Waals surface area contributed by atoms with Gasteiger partial charge in [0.05, 0.1) is 19.8 Å². The van der Waals surface area contributed by atoms with Crippen molar-refractivity contribution in [1.29, 1.82) is 0 Å². The van der Waals surface area contributed by atoms with E-state index in [1.807, 2.05) is 18.2 Å². The molecule has 14 heteroatoms. The van der Waals surface area contributed by atoms with Crippen LogP contribution >= 0.6 is 11.6 Å². The van der Waals surface area contributed by atoms with Crippen LogP contribution in [-0.4, -0.2) is 94.5 Å². The molecular weight excluding hydrogens is 620 g/mol. The minimum atomic E-state index is -1.47. The zero-order chi connectivity index (χ0) is 32.4. The highest BCUT2D eigenvalue weighted by Crippen LogP contribution is 2.45. The average Bonchev–Trinajstić information content (AvgIpc) is 3.43. The molecule has 4 aliphatic heterocycles. The largest absolute Gasteiger partial charge is 0.479 e. The highest BCUT2D eigenvalue weighted by atomic mass is 35.5. The summed E-state index contributed by atoms with van der Waals surface area (Å²) in [4.78, 5) is 69.1. The molecule has 46 heavy (non-hydrogen) atoms. The van der Waals surface area contributed by atoms with E-state index in [9.17, 15) is 29.1 Å². The maximum absolute atomic E-state index is 14.1. The molecule has 0 unspecified atom stereocenters. The highest BCUT2D eigenvalue weighted by Gasteiger charge is 2.61. The number of benzene rings is 1. The van der Waals surface area contributed by atoms with Gasteiger partial charge in [0.1, 0.15) is 29.8 Å². The van der Waals surface area contributed by atoms with Crippen LogP contribution in [0, 0.1) is 5.92 Å². The van der Waals surface area contributed by atoms with Crippen molar-refractivity contribution >= 4 is 41.6 Å². The van der Waals surface area contributed by atoms with Gasteiger partial charge in [-0.1, -0.05) is 42.7 Å². The summed E-state index contributed by atoms with van der Waals surface area (Å²) in [5.74, 6) is -2.68. The van der Waals surface area contributed by atoms with Crippen LogP contribution in [0.1, 0.15) is 62.5 Å². The summed E-state index contributed by atoms with van der Waals surface area (Å²) in [7, 11) is 0. The van der Waals surface area contributed by atoms with Crippen LogP contribution in [0.5, 0.6) is 0 Å². The molecule has 0 spiro atoms. The van der Waals surface area contributed by atoms with Crippen LogP contribution in [0.15, 0.2) is 30.4 Å². The van der Waals surface area contributed by atoms with E-state index in [2.05, 4.69) is 10.6 Å². The molecule has 6 atom stereocenters. The Morgan fingerprint density at radius 3 is 2.67 bits per heavy atom. The normalized spacial score (nSPS) is 31.8. The highest BCUT2D eigenvalue weighted by molar-refractivity contribution is 6.30. The number of nitrogens with zero attached hydrogens (tertiary/aromatic N) is 2. The van der Waals surface area contributed by atoms with Crippen LogP contribution in [0.4, 0.5) is 9.59 Å². The number of ether oxygens (including phenoxy) is 3. The molecule has 1 saturated carbocycles. The van der Waals surface area contributed by atoms with Crippen molar-refractivity contribution in [2.24, 2.45) is 5.92 Å². The third-order valence-corrected chi connectivity index (χ3v) is 9.73. The number of aliphatic carboxylic acids is 1. The van der Waals surface area contributed by atoms with E-state index in [0.717, 1.165) is 30.4 Å². The van der Waals surface area contributed by atoms with Gasteiger partial charge in [-0.2, -0.15) is 0 Å². The maximum Gasteiger partial charge on any atom is 0.410 e. The lowest BCUT2D eigenvalue weighted by atomic mass is 10.0. The number of hydrogen-bond acceptors (Lipinski definition) is 8. The summed E-state index contributed by atoms with van der Waals surface area (Å²) < 4.78 is 16.6. The molecule has 4 heterocycles. The Bertz CT molecular complexity index is 1420. The number of nitrogens with one attached hydrogen (secondary N) is 2. The molecule has 248 valence electrons. The van der Waals surface area contributed by atoms with Gasteiger partial charge in [-0.25, -0.2) is 14.4 Å². The quantitative estimate of drug-likeness (QED) is 0.413. The average molecular weight is 659 g/mol. The molecule has 0 bridgehead atoms. The first-order valence-electron chi connectivity index (χ1n) is 15.9. The molecule has 1 aliphatic carbocycles. The lowest BCUT2D eigenvalue weighted by Crippen LogP contribution is -2.56. The Morgan fingerprint density at radius 2 is 1.89 bits per heavy atom. The first kappa shape index (κ1) is 32.1. The van der Waals surface area contributed by atoms with Crippen molar-refractivity contribution < 1.29 is 43.3 Å². The van der Waals surface area contributed by atoms with E-state index in [-0.39, 0.29) is 31.9 Å². The van der Waals surface area contributed by atoms with Crippen LogP contribution in [0.25, 0.3) is 0 Å². The fourth-order valence-electron chi connectivity index (χ4n) is 6.79. The van der Waals surface area contributed by atoms with Crippen molar-refractivity contribution in [1.82, 2.24) is 20.4 Å². The van der Waals surface area contributed by atoms with Crippen molar-refractivity contribution in [3.8, 4) is 0 Å². The Balaban J connectivity index is 1.20. The number of carboxylic acid groups (broad SMARTS) is 1. The minimum absolute atomic E-state index is 0.0251. The van der Waals surface area contributed by atoms with Crippen molar-refractivity contribution in [3.05, 3.63) is 46.5 Å². The van der Waals surface area contributed by atoms with Gasteiger partial charge in [0.15, 0.2) is 0 Å². The summed E-state index contributed by atoms with van der Waals surface area (Å²) in [6.07, 6.45) is 5.21. The van der Waals surface area contributed by atoms with Crippen molar-refractivity contribution in [3.63, 3.8) is 0 Å². The van der Waals surface area contributed by atoms with Crippen LogP contribution in [0.3, 0.4) is 0 Å². The van der Waals surface area contributed by atoms with E-state index < -0.39 is 59.8 Å². The number of halogens is 1.